The molecule has 0 aliphatic carbocycles. The molecule has 4 nitrogen and oxygen atoms in total. The molecule has 5 heteroatoms. The Bertz CT molecular complexity index is 2480. The highest BCUT2D eigenvalue weighted by Gasteiger charge is 2.21. The van der Waals surface area contributed by atoms with Gasteiger partial charge in [-0.05, 0) is 50.7 Å². The smallest absolute Gasteiger partial charge is 0.159 e. The molecule has 49 heavy (non-hydrogen) atoms. The van der Waals surface area contributed by atoms with Crippen molar-refractivity contribution >= 4 is 44.0 Å². The fraction of sp³-hybridized carbons (Fsp3) is 0.0227. The van der Waals surface area contributed by atoms with Gasteiger partial charge in [-0.2, -0.15) is 0 Å². The Hall–Kier alpha value is -6.17. The summed E-state index contributed by atoms with van der Waals surface area (Å²) in [6, 6.07) is 59.4. The van der Waals surface area contributed by atoms with E-state index in [0.29, 0.717) is 5.84 Å². The Morgan fingerprint density at radius 1 is 0.469 bits per heavy atom. The minimum Gasteiger partial charge on any atom is -0.344 e. The average Bonchev–Trinajstić information content (AvgIpc) is 3.63. The molecule has 1 unspecified atom stereocenters. The molecule has 0 spiro atoms. The van der Waals surface area contributed by atoms with E-state index in [4.69, 9.17) is 15.0 Å². The topological polar surface area (TPSA) is 49.6 Å². The van der Waals surface area contributed by atoms with Crippen LogP contribution in [0, 0.1) is 0 Å². The quantitative estimate of drug-likeness (QED) is 0.195. The lowest BCUT2D eigenvalue weighted by molar-refractivity contribution is 0.674. The highest BCUT2D eigenvalue weighted by Crippen LogP contribution is 2.41. The predicted molar refractivity (Wildman–Crippen MR) is 205 cm³/mol. The molecule has 1 aromatic heterocycles. The van der Waals surface area contributed by atoms with Crippen LogP contribution in [-0.4, -0.2) is 16.7 Å². The van der Waals surface area contributed by atoms with E-state index in [0.717, 1.165) is 44.2 Å². The van der Waals surface area contributed by atoms with Crippen molar-refractivity contribution < 1.29 is 0 Å². The first kappa shape index (κ1) is 29.0. The van der Waals surface area contributed by atoms with Crippen LogP contribution >= 0.6 is 11.3 Å². The number of hydrogen-bond acceptors (Lipinski definition) is 5. The van der Waals surface area contributed by atoms with Crippen molar-refractivity contribution in [2.24, 2.45) is 9.98 Å². The van der Waals surface area contributed by atoms with Crippen LogP contribution in [0.4, 0.5) is 0 Å². The number of thiazole rings is 1. The van der Waals surface area contributed by atoms with Gasteiger partial charge in [-0.1, -0.05) is 158 Å². The highest BCUT2D eigenvalue weighted by molar-refractivity contribution is 7.21. The number of para-hydroxylation sites is 1. The summed E-state index contributed by atoms with van der Waals surface area (Å²) in [6.07, 6.45) is -0.231. The number of amidine groups is 2. The largest absolute Gasteiger partial charge is 0.344 e. The molecule has 232 valence electrons. The molecule has 0 radical (unpaired) electrons. The molecular formula is C44H30N4S. The van der Waals surface area contributed by atoms with Gasteiger partial charge in [0.05, 0.1) is 10.2 Å². The van der Waals surface area contributed by atoms with E-state index in [9.17, 15) is 0 Å². The Labute approximate surface area is 288 Å². The van der Waals surface area contributed by atoms with Crippen molar-refractivity contribution in [1.82, 2.24) is 10.3 Å². The number of rotatable bonds is 6. The summed E-state index contributed by atoms with van der Waals surface area (Å²) >= 11 is 1.74. The Morgan fingerprint density at radius 3 is 1.86 bits per heavy atom. The van der Waals surface area contributed by atoms with Crippen LogP contribution in [0.5, 0.6) is 0 Å². The number of hydrogen-bond donors (Lipinski definition) is 1. The summed E-state index contributed by atoms with van der Waals surface area (Å²) < 4.78 is 1.20. The van der Waals surface area contributed by atoms with Crippen LogP contribution in [0.25, 0.3) is 53.8 Å². The maximum absolute atomic E-state index is 5.06. The number of benzene rings is 7. The molecule has 0 saturated heterocycles. The van der Waals surface area contributed by atoms with Gasteiger partial charge in [0.25, 0.3) is 0 Å². The van der Waals surface area contributed by atoms with Gasteiger partial charge in [0.1, 0.15) is 17.0 Å². The van der Waals surface area contributed by atoms with Crippen molar-refractivity contribution in [3.8, 4) is 32.8 Å². The van der Waals surface area contributed by atoms with E-state index < -0.39 is 0 Å². The highest BCUT2D eigenvalue weighted by atomic mass is 32.1. The second kappa shape index (κ2) is 12.5. The van der Waals surface area contributed by atoms with Gasteiger partial charge in [0.15, 0.2) is 5.84 Å². The Balaban J connectivity index is 1.10. The molecule has 7 aromatic carbocycles. The number of nitrogens with one attached hydrogen (secondary N) is 1. The maximum Gasteiger partial charge on any atom is 0.159 e. The van der Waals surface area contributed by atoms with Gasteiger partial charge >= 0.3 is 0 Å². The van der Waals surface area contributed by atoms with E-state index >= 15 is 0 Å². The van der Waals surface area contributed by atoms with Gasteiger partial charge < -0.3 is 5.32 Å². The molecule has 1 atom stereocenters. The molecule has 8 aromatic rings. The summed E-state index contributed by atoms with van der Waals surface area (Å²) in [5, 5.41) is 7.00. The number of fused-ring (bicyclic) bond motifs is 2. The van der Waals surface area contributed by atoms with Gasteiger partial charge in [-0.3, -0.25) is 0 Å². The first-order valence-electron chi connectivity index (χ1n) is 16.4. The summed E-state index contributed by atoms with van der Waals surface area (Å²) in [5.41, 5.74) is 10.0. The van der Waals surface area contributed by atoms with Gasteiger partial charge in [-0.15, -0.1) is 11.3 Å². The minimum absolute atomic E-state index is 0.231. The molecule has 0 amide bonds. The van der Waals surface area contributed by atoms with Gasteiger partial charge in [0.2, 0.25) is 0 Å². The van der Waals surface area contributed by atoms with Gasteiger partial charge in [0, 0.05) is 16.7 Å². The number of nitrogens with zero attached hydrogens (tertiary/aromatic N) is 3. The summed E-state index contributed by atoms with van der Waals surface area (Å²) in [4.78, 5) is 15.1. The third-order valence-corrected chi connectivity index (χ3v) is 10.1. The molecular weight excluding hydrogens is 617 g/mol. The summed E-state index contributed by atoms with van der Waals surface area (Å²) in [6.45, 7) is 0. The summed E-state index contributed by atoms with van der Waals surface area (Å²) in [7, 11) is 0. The standard InChI is InChI=1S/C44H30N4S/c1-3-13-30(14-4-1)41-46-42(31-15-5-2-6-16-31)48-43(47-41)32-27-25-29(26-28-32)33-19-11-21-35-34(33)20-12-22-36(35)37-17-7-8-18-38(37)44-45-39-23-9-10-24-40(39)49-44/h1-28,41H,(H,46,47,48). The molecule has 0 bridgehead atoms. The van der Waals surface area contributed by atoms with Crippen LogP contribution < -0.4 is 5.32 Å². The zero-order chi connectivity index (χ0) is 32.6. The van der Waals surface area contributed by atoms with Crippen molar-refractivity contribution in [2.75, 3.05) is 0 Å². The second-order valence-corrected chi connectivity index (χ2v) is 13.1. The van der Waals surface area contributed by atoms with Gasteiger partial charge in [-0.25, -0.2) is 15.0 Å². The van der Waals surface area contributed by atoms with Crippen LogP contribution in [0.3, 0.4) is 0 Å². The van der Waals surface area contributed by atoms with Crippen LogP contribution in [0.15, 0.2) is 180 Å². The van der Waals surface area contributed by atoms with Crippen molar-refractivity contribution in [3.05, 3.63) is 187 Å². The first-order chi connectivity index (χ1) is 24.3. The Morgan fingerprint density at radius 2 is 1.08 bits per heavy atom. The zero-order valence-electron chi connectivity index (χ0n) is 26.5. The van der Waals surface area contributed by atoms with E-state index in [2.05, 4.69) is 133 Å². The maximum atomic E-state index is 5.06. The molecule has 1 aliphatic heterocycles. The normalized spacial score (nSPS) is 14.3. The third kappa shape index (κ3) is 5.50. The molecule has 0 fully saturated rings. The fourth-order valence-electron chi connectivity index (χ4n) is 6.61. The first-order valence-corrected chi connectivity index (χ1v) is 17.2. The van der Waals surface area contributed by atoms with E-state index in [1.54, 1.807) is 11.3 Å². The van der Waals surface area contributed by atoms with Crippen LogP contribution in [0.1, 0.15) is 22.9 Å². The fourth-order valence-corrected chi connectivity index (χ4v) is 7.62. The van der Waals surface area contributed by atoms with Crippen molar-refractivity contribution in [1.29, 1.82) is 0 Å². The second-order valence-electron chi connectivity index (χ2n) is 12.1. The van der Waals surface area contributed by atoms with Crippen LogP contribution in [0.2, 0.25) is 0 Å². The lowest BCUT2D eigenvalue weighted by Gasteiger charge is -2.23. The van der Waals surface area contributed by atoms with Crippen molar-refractivity contribution in [3.63, 3.8) is 0 Å². The molecule has 1 N–H and O–H groups in total. The van der Waals surface area contributed by atoms with E-state index in [-0.39, 0.29) is 6.17 Å². The third-order valence-electron chi connectivity index (χ3n) is 9.02. The average molecular weight is 647 g/mol. The number of aliphatic imine (C=N–C) groups is 2. The molecule has 0 saturated carbocycles. The lowest BCUT2D eigenvalue weighted by atomic mass is 9.91. The predicted octanol–water partition coefficient (Wildman–Crippen LogP) is 10.9. The number of aromatic nitrogens is 1. The molecule has 2 heterocycles. The van der Waals surface area contributed by atoms with Crippen molar-refractivity contribution in [2.45, 2.75) is 6.17 Å². The zero-order valence-corrected chi connectivity index (χ0v) is 27.3. The lowest BCUT2D eigenvalue weighted by Crippen LogP contribution is -2.33. The monoisotopic (exact) mass is 646 g/mol. The molecule has 1 aliphatic rings. The SMILES string of the molecule is c1ccc(C2=NC(c3ccc(-c4cccc5c(-c6ccccc6-c6nc7ccccc7s6)cccc45)cc3)=NC(c3ccccc3)N2)cc1. The molecule has 9 rings (SSSR count). The van der Waals surface area contributed by atoms with E-state index in [1.807, 2.05) is 42.5 Å². The van der Waals surface area contributed by atoms with E-state index in [1.165, 1.54) is 32.2 Å². The van der Waals surface area contributed by atoms with Crippen LogP contribution in [-0.2, 0) is 0 Å². The summed E-state index contributed by atoms with van der Waals surface area (Å²) in [5.74, 6) is 1.53. The minimum atomic E-state index is -0.231. The Kier molecular flexibility index (Phi) is 7.37.